The van der Waals surface area contributed by atoms with Crippen molar-refractivity contribution in [3.63, 3.8) is 0 Å². The van der Waals surface area contributed by atoms with E-state index >= 15 is 0 Å². The molecule has 6 nitrogen and oxygen atoms in total. The molecule has 1 N–H and O–H groups in total. The molecule has 1 fully saturated rings. The molecule has 0 radical (unpaired) electrons. The Morgan fingerprint density at radius 1 is 1.33 bits per heavy atom. The fourth-order valence-corrected chi connectivity index (χ4v) is 3.28. The summed E-state index contributed by atoms with van der Waals surface area (Å²) in [6.07, 6.45) is 0.291. The first-order valence-corrected chi connectivity index (χ1v) is 8.82. The first kappa shape index (κ1) is 18.3. The van der Waals surface area contributed by atoms with Crippen LogP contribution in [0.1, 0.15) is 30.0 Å². The number of ether oxygens (including phenoxy) is 1. The van der Waals surface area contributed by atoms with Crippen molar-refractivity contribution in [2.75, 3.05) is 26.0 Å². The highest BCUT2D eigenvalue weighted by molar-refractivity contribution is 8.13. The van der Waals surface area contributed by atoms with Crippen LogP contribution >= 0.6 is 11.8 Å². The van der Waals surface area contributed by atoms with Crippen LogP contribution < -0.4 is 5.32 Å². The summed E-state index contributed by atoms with van der Waals surface area (Å²) in [5.74, 6) is 0.204. The number of carbonyl (C=O) groups is 3. The molecule has 1 atom stereocenters. The molecule has 0 aromatic heterocycles. The Balaban J connectivity index is 1.96. The Morgan fingerprint density at radius 2 is 2.04 bits per heavy atom. The zero-order valence-electron chi connectivity index (χ0n) is 13.9. The summed E-state index contributed by atoms with van der Waals surface area (Å²) in [5.41, 5.74) is 1.96. The van der Waals surface area contributed by atoms with Gasteiger partial charge in [-0.2, -0.15) is 0 Å². The first-order chi connectivity index (χ1) is 11.5. The van der Waals surface area contributed by atoms with E-state index in [0.29, 0.717) is 13.1 Å². The SMILES string of the molecule is COC(=O)C[C@@H](NC(=O)CCN1CCSC1=O)c1ccc(C)cc1. The summed E-state index contributed by atoms with van der Waals surface area (Å²) < 4.78 is 4.72. The first-order valence-electron chi connectivity index (χ1n) is 7.84. The standard InChI is InChI=1S/C17H22N2O4S/c1-12-3-5-13(6-4-12)14(11-16(21)23-2)18-15(20)7-8-19-9-10-24-17(19)22/h3-6,14H,7-11H2,1-2H3,(H,18,20)/t14-/m1/s1. The Labute approximate surface area is 145 Å². The Bertz CT molecular complexity index is 603. The smallest absolute Gasteiger partial charge is 0.307 e. The molecule has 0 spiro atoms. The number of amides is 2. The second kappa shape index (κ2) is 8.73. The Morgan fingerprint density at radius 3 is 2.62 bits per heavy atom. The van der Waals surface area contributed by atoms with E-state index in [1.807, 2.05) is 31.2 Å². The van der Waals surface area contributed by atoms with Crippen LogP contribution in [0.5, 0.6) is 0 Å². The van der Waals surface area contributed by atoms with Crippen molar-refractivity contribution in [2.45, 2.75) is 25.8 Å². The maximum Gasteiger partial charge on any atom is 0.307 e. The lowest BCUT2D eigenvalue weighted by Gasteiger charge is -2.20. The number of thioether (sulfide) groups is 1. The molecule has 0 bridgehead atoms. The topological polar surface area (TPSA) is 75.7 Å². The lowest BCUT2D eigenvalue weighted by molar-refractivity contribution is -0.141. The van der Waals surface area contributed by atoms with Gasteiger partial charge in [0.25, 0.3) is 5.24 Å². The van der Waals surface area contributed by atoms with E-state index < -0.39 is 6.04 Å². The maximum absolute atomic E-state index is 12.2. The number of benzene rings is 1. The number of carbonyl (C=O) groups excluding carboxylic acids is 3. The molecule has 1 saturated heterocycles. The summed E-state index contributed by atoms with van der Waals surface area (Å²) in [7, 11) is 1.33. The minimum absolute atomic E-state index is 0.0208. The minimum atomic E-state index is -0.436. The zero-order chi connectivity index (χ0) is 17.5. The molecule has 1 aliphatic rings. The number of hydrogen-bond donors (Lipinski definition) is 1. The Hall–Kier alpha value is -2.02. The van der Waals surface area contributed by atoms with E-state index in [-0.39, 0.29) is 30.0 Å². The largest absolute Gasteiger partial charge is 0.469 e. The van der Waals surface area contributed by atoms with Gasteiger partial charge in [-0.05, 0) is 12.5 Å². The summed E-state index contributed by atoms with van der Waals surface area (Å²) in [6.45, 7) is 3.06. The summed E-state index contributed by atoms with van der Waals surface area (Å²) >= 11 is 1.27. The molecule has 7 heteroatoms. The van der Waals surface area contributed by atoms with Crippen LogP contribution in [0.15, 0.2) is 24.3 Å². The second-order valence-corrected chi connectivity index (χ2v) is 6.71. The number of rotatable bonds is 7. The quantitative estimate of drug-likeness (QED) is 0.764. The molecule has 1 aliphatic heterocycles. The van der Waals surface area contributed by atoms with E-state index in [0.717, 1.165) is 16.9 Å². The van der Waals surface area contributed by atoms with Gasteiger partial charge in [0, 0.05) is 25.3 Å². The highest BCUT2D eigenvalue weighted by atomic mass is 32.2. The second-order valence-electron chi connectivity index (χ2n) is 5.66. The minimum Gasteiger partial charge on any atom is -0.469 e. The third-order valence-electron chi connectivity index (χ3n) is 3.87. The van der Waals surface area contributed by atoms with Crippen LogP contribution in [-0.4, -0.2) is 48.0 Å². The van der Waals surface area contributed by atoms with Gasteiger partial charge in [-0.1, -0.05) is 41.6 Å². The summed E-state index contributed by atoms with van der Waals surface area (Å²) in [4.78, 5) is 37.1. The third-order valence-corrected chi connectivity index (χ3v) is 4.76. The van der Waals surface area contributed by atoms with Crippen molar-refractivity contribution in [3.05, 3.63) is 35.4 Å². The third kappa shape index (κ3) is 5.26. The van der Waals surface area contributed by atoms with Gasteiger partial charge in [-0.25, -0.2) is 0 Å². The Kier molecular flexibility index (Phi) is 6.66. The molecule has 0 saturated carbocycles. The molecular formula is C17H22N2O4S. The molecule has 24 heavy (non-hydrogen) atoms. The number of nitrogens with one attached hydrogen (secondary N) is 1. The van der Waals surface area contributed by atoms with Gasteiger partial charge in [0.15, 0.2) is 0 Å². The van der Waals surface area contributed by atoms with E-state index in [1.54, 1.807) is 4.90 Å². The van der Waals surface area contributed by atoms with E-state index in [4.69, 9.17) is 4.74 Å². The number of methoxy groups -OCH3 is 1. The van der Waals surface area contributed by atoms with Gasteiger partial charge < -0.3 is 15.0 Å². The van der Waals surface area contributed by atoms with E-state index in [9.17, 15) is 14.4 Å². The summed E-state index contributed by atoms with van der Waals surface area (Å²) in [5, 5.41) is 2.89. The van der Waals surface area contributed by atoms with Gasteiger partial charge >= 0.3 is 5.97 Å². The van der Waals surface area contributed by atoms with Crippen molar-refractivity contribution in [1.29, 1.82) is 0 Å². The van der Waals surface area contributed by atoms with Gasteiger partial charge in [-0.3, -0.25) is 14.4 Å². The highest BCUT2D eigenvalue weighted by Gasteiger charge is 2.23. The van der Waals surface area contributed by atoms with Gasteiger partial charge in [0.2, 0.25) is 5.91 Å². The predicted octanol–water partition coefficient (Wildman–Crippen LogP) is 2.27. The van der Waals surface area contributed by atoms with Crippen LogP contribution in [-0.2, 0) is 14.3 Å². The van der Waals surface area contributed by atoms with Crippen molar-refractivity contribution < 1.29 is 19.1 Å². The lowest BCUT2D eigenvalue weighted by atomic mass is 10.0. The molecule has 1 aromatic rings. The molecule has 0 aliphatic carbocycles. The summed E-state index contributed by atoms with van der Waals surface area (Å²) in [6, 6.07) is 7.22. The highest BCUT2D eigenvalue weighted by Crippen LogP contribution is 2.20. The van der Waals surface area contributed by atoms with E-state index in [1.165, 1.54) is 18.9 Å². The number of esters is 1. The monoisotopic (exact) mass is 350 g/mol. The van der Waals surface area contributed by atoms with E-state index in [2.05, 4.69) is 5.32 Å². The fourth-order valence-electron chi connectivity index (χ4n) is 2.43. The van der Waals surface area contributed by atoms with Crippen molar-refractivity contribution >= 4 is 28.9 Å². The average Bonchev–Trinajstić information content (AvgIpc) is 2.98. The zero-order valence-corrected chi connectivity index (χ0v) is 14.7. The number of aryl methyl sites for hydroxylation is 1. The van der Waals surface area contributed by atoms with Crippen LogP contribution in [0.3, 0.4) is 0 Å². The van der Waals surface area contributed by atoms with Gasteiger partial charge in [0.05, 0.1) is 19.6 Å². The predicted molar refractivity (Wildman–Crippen MR) is 92.7 cm³/mol. The van der Waals surface area contributed by atoms with Crippen LogP contribution in [0, 0.1) is 6.92 Å². The molecule has 1 aromatic carbocycles. The van der Waals surface area contributed by atoms with Crippen LogP contribution in [0.4, 0.5) is 4.79 Å². The molecule has 2 amide bonds. The lowest BCUT2D eigenvalue weighted by Crippen LogP contribution is -2.34. The van der Waals surface area contributed by atoms with Gasteiger partial charge in [0.1, 0.15) is 0 Å². The van der Waals surface area contributed by atoms with Crippen molar-refractivity contribution in [1.82, 2.24) is 10.2 Å². The molecule has 1 heterocycles. The average molecular weight is 350 g/mol. The molecular weight excluding hydrogens is 328 g/mol. The van der Waals surface area contributed by atoms with Crippen molar-refractivity contribution in [3.8, 4) is 0 Å². The normalized spacial score (nSPS) is 15.2. The van der Waals surface area contributed by atoms with Crippen LogP contribution in [0.25, 0.3) is 0 Å². The van der Waals surface area contributed by atoms with Crippen molar-refractivity contribution in [2.24, 2.45) is 0 Å². The van der Waals surface area contributed by atoms with Gasteiger partial charge in [-0.15, -0.1) is 0 Å². The molecule has 130 valence electrons. The maximum atomic E-state index is 12.2. The van der Waals surface area contributed by atoms with Crippen LogP contribution in [0.2, 0.25) is 0 Å². The molecule has 2 rings (SSSR count). The fraction of sp³-hybridized carbons (Fsp3) is 0.471. The number of hydrogen-bond acceptors (Lipinski definition) is 5. The molecule has 0 unspecified atom stereocenters. The number of nitrogens with zero attached hydrogens (tertiary/aromatic N) is 1.